The molecule has 0 saturated carbocycles. The summed E-state index contributed by atoms with van der Waals surface area (Å²) in [6.45, 7) is 15.5. The summed E-state index contributed by atoms with van der Waals surface area (Å²) in [5.41, 5.74) is -1.86. The molecule has 0 radical (unpaired) electrons. The Hall–Kier alpha value is -1.67. The van der Waals surface area contributed by atoms with E-state index in [-0.39, 0.29) is 13.1 Å². The maximum Gasteiger partial charge on any atom is 0.326 e. The number of esters is 1. The van der Waals surface area contributed by atoms with E-state index in [0.717, 1.165) is 11.4 Å². The second-order valence-electron chi connectivity index (χ2n) is 7.22. The first-order valence-corrected chi connectivity index (χ1v) is 9.81. The monoisotopic (exact) mass is 386 g/mol. The molecule has 158 valence electrons. The summed E-state index contributed by atoms with van der Waals surface area (Å²) in [4.78, 5) is 40.3. The molecule has 1 heterocycles. The highest BCUT2D eigenvalue weighted by atomic mass is 16.6. The van der Waals surface area contributed by atoms with Crippen LogP contribution in [0.5, 0.6) is 0 Å². The van der Waals surface area contributed by atoms with Gasteiger partial charge in [-0.05, 0) is 40.8 Å². The Kier molecular flexibility index (Phi) is 10.5. The van der Waals surface area contributed by atoms with E-state index in [1.165, 1.54) is 0 Å². The van der Waals surface area contributed by atoms with Crippen molar-refractivity contribution in [1.29, 1.82) is 0 Å². The van der Waals surface area contributed by atoms with Crippen LogP contribution in [0, 0.1) is 0 Å². The zero-order chi connectivity index (χ0) is 21.3. The molecule has 0 aliphatic carbocycles. The molecule has 3 amide bonds. The molecule has 1 aliphatic rings. The Morgan fingerprint density at radius 2 is 1.89 bits per heavy atom. The van der Waals surface area contributed by atoms with Crippen molar-refractivity contribution in [3.8, 4) is 0 Å². The fourth-order valence-corrected chi connectivity index (χ4v) is 2.50. The highest BCUT2D eigenvalue weighted by molar-refractivity contribution is 6.08. The van der Waals surface area contributed by atoms with Crippen LogP contribution in [0.1, 0.15) is 61.3 Å². The summed E-state index contributed by atoms with van der Waals surface area (Å²) < 4.78 is 5.41. The lowest BCUT2D eigenvalue weighted by atomic mass is 9.97. The summed E-state index contributed by atoms with van der Waals surface area (Å²) in [6.07, 6.45) is 0.485. The molecule has 0 aromatic carbocycles. The van der Waals surface area contributed by atoms with Crippen LogP contribution >= 0.6 is 0 Å². The van der Waals surface area contributed by atoms with Gasteiger partial charge in [0.05, 0.1) is 13.1 Å². The lowest BCUT2D eigenvalue weighted by Gasteiger charge is -2.27. The van der Waals surface area contributed by atoms with Crippen molar-refractivity contribution < 1.29 is 19.1 Å². The highest BCUT2D eigenvalue weighted by Crippen LogP contribution is 2.24. The van der Waals surface area contributed by atoms with Crippen LogP contribution in [0.2, 0.25) is 0 Å². The summed E-state index contributed by atoms with van der Waals surface area (Å²) in [6, 6.07) is -0.474. The lowest BCUT2D eigenvalue weighted by molar-refractivity contribution is -0.159. The van der Waals surface area contributed by atoms with Crippen molar-refractivity contribution in [2.45, 2.75) is 72.4 Å². The largest absolute Gasteiger partial charge is 0.460 e. The van der Waals surface area contributed by atoms with Crippen LogP contribution in [-0.4, -0.2) is 72.2 Å². The molecule has 0 spiro atoms. The Balaban J connectivity index is 0.00000326. The molecule has 0 aromatic heterocycles. The van der Waals surface area contributed by atoms with Crippen molar-refractivity contribution in [3.05, 3.63) is 0 Å². The number of ether oxygens (including phenoxy) is 1. The fraction of sp³-hybridized carbons (Fsp3) is 0.842. The summed E-state index contributed by atoms with van der Waals surface area (Å²) in [5, 5.41) is 5.69. The number of rotatable bonds is 10. The molecule has 1 rings (SSSR count). The smallest absolute Gasteiger partial charge is 0.326 e. The summed E-state index contributed by atoms with van der Waals surface area (Å²) in [7, 11) is 1.85. The molecule has 1 aliphatic heterocycles. The summed E-state index contributed by atoms with van der Waals surface area (Å²) >= 11 is 0. The maximum atomic E-state index is 12.7. The van der Waals surface area contributed by atoms with Gasteiger partial charge in [-0.25, -0.2) is 9.69 Å². The van der Waals surface area contributed by atoms with E-state index >= 15 is 0 Å². The van der Waals surface area contributed by atoms with E-state index in [1.54, 1.807) is 6.92 Å². The van der Waals surface area contributed by atoms with Crippen LogP contribution in [0.15, 0.2) is 0 Å². The molecule has 1 unspecified atom stereocenters. The minimum atomic E-state index is -1.26. The van der Waals surface area contributed by atoms with Gasteiger partial charge in [0, 0.05) is 13.1 Å². The first-order valence-electron chi connectivity index (χ1n) is 9.81. The fourth-order valence-electron chi connectivity index (χ4n) is 2.50. The predicted octanol–water partition coefficient (Wildman–Crippen LogP) is 1.94. The maximum absolute atomic E-state index is 12.7. The van der Waals surface area contributed by atoms with E-state index < -0.39 is 29.0 Å². The SMILES string of the molecule is CC.CCN(CCNC)CN1C(=O)NC(C)(CC(=O)OC(C)(C)CC)C1=O. The molecule has 27 heavy (non-hydrogen) atoms. The number of imide groups is 1. The number of hydrogen-bond acceptors (Lipinski definition) is 6. The summed E-state index contributed by atoms with van der Waals surface area (Å²) in [5.74, 6) is -0.890. The average molecular weight is 387 g/mol. The molecular formula is C19H38N4O4. The molecular weight excluding hydrogens is 348 g/mol. The van der Waals surface area contributed by atoms with Gasteiger partial charge in [0.15, 0.2) is 0 Å². The zero-order valence-electron chi connectivity index (χ0n) is 18.3. The molecule has 1 atom stereocenters. The number of nitrogens with one attached hydrogen (secondary N) is 2. The Bertz CT molecular complexity index is 510. The second kappa shape index (κ2) is 11.2. The van der Waals surface area contributed by atoms with Gasteiger partial charge in [-0.1, -0.05) is 27.7 Å². The van der Waals surface area contributed by atoms with Crippen molar-refractivity contribution in [1.82, 2.24) is 20.4 Å². The van der Waals surface area contributed by atoms with Crippen molar-refractivity contribution in [2.24, 2.45) is 0 Å². The average Bonchev–Trinajstić information content (AvgIpc) is 2.81. The number of nitrogens with zero attached hydrogens (tertiary/aromatic N) is 2. The second-order valence-corrected chi connectivity index (χ2v) is 7.22. The molecule has 8 heteroatoms. The molecule has 1 saturated heterocycles. The molecule has 2 N–H and O–H groups in total. The van der Waals surface area contributed by atoms with Gasteiger partial charge in [0.2, 0.25) is 0 Å². The Labute approximate surface area is 164 Å². The van der Waals surface area contributed by atoms with Gasteiger partial charge in [-0.15, -0.1) is 0 Å². The molecule has 8 nitrogen and oxygen atoms in total. The van der Waals surface area contributed by atoms with Gasteiger partial charge >= 0.3 is 12.0 Å². The van der Waals surface area contributed by atoms with Gasteiger partial charge in [0.1, 0.15) is 11.1 Å². The minimum Gasteiger partial charge on any atom is -0.460 e. The van der Waals surface area contributed by atoms with Crippen LogP contribution in [-0.2, 0) is 14.3 Å². The van der Waals surface area contributed by atoms with E-state index in [0.29, 0.717) is 19.5 Å². The molecule has 1 fully saturated rings. The van der Waals surface area contributed by atoms with Gasteiger partial charge in [-0.2, -0.15) is 0 Å². The third-order valence-electron chi connectivity index (χ3n) is 4.55. The number of amides is 3. The number of carbonyl (C=O) groups is 3. The van der Waals surface area contributed by atoms with E-state index in [4.69, 9.17) is 4.74 Å². The van der Waals surface area contributed by atoms with Crippen LogP contribution in [0.3, 0.4) is 0 Å². The minimum absolute atomic E-state index is 0.180. The van der Waals surface area contributed by atoms with E-state index in [9.17, 15) is 14.4 Å². The molecule has 0 aromatic rings. The van der Waals surface area contributed by atoms with E-state index in [1.807, 2.05) is 53.5 Å². The number of urea groups is 1. The number of hydrogen-bond donors (Lipinski definition) is 2. The first kappa shape index (κ1) is 25.3. The highest BCUT2D eigenvalue weighted by Gasteiger charge is 2.49. The van der Waals surface area contributed by atoms with Crippen LogP contribution in [0.4, 0.5) is 4.79 Å². The topological polar surface area (TPSA) is 91.0 Å². The van der Waals surface area contributed by atoms with Crippen LogP contribution < -0.4 is 10.6 Å². The van der Waals surface area contributed by atoms with Crippen molar-refractivity contribution in [2.75, 3.05) is 33.4 Å². The standard InChI is InChI=1S/C17H32N4O4.C2H6/c1-7-16(3,4)25-13(22)11-17(5)14(23)21(15(24)19-17)12-20(8-2)10-9-18-6;1-2/h18H,7-12H2,1-6H3,(H,19,24);1-2H3. The Morgan fingerprint density at radius 1 is 1.30 bits per heavy atom. The lowest BCUT2D eigenvalue weighted by Crippen LogP contribution is -2.48. The molecule has 0 bridgehead atoms. The normalized spacial score (nSPS) is 19.7. The van der Waals surface area contributed by atoms with Crippen molar-refractivity contribution >= 4 is 17.9 Å². The van der Waals surface area contributed by atoms with Gasteiger partial charge in [-0.3, -0.25) is 14.5 Å². The zero-order valence-corrected chi connectivity index (χ0v) is 18.3. The Morgan fingerprint density at radius 3 is 2.37 bits per heavy atom. The first-order chi connectivity index (χ1) is 12.6. The van der Waals surface area contributed by atoms with Gasteiger partial charge in [0.25, 0.3) is 5.91 Å². The third-order valence-corrected chi connectivity index (χ3v) is 4.55. The quantitative estimate of drug-likeness (QED) is 0.440. The third kappa shape index (κ3) is 7.46. The van der Waals surface area contributed by atoms with Gasteiger partial charge < -0.3 is 15.4 Å². The van der Waals surface area contributed by atoms with Crippen molar-refractivity contribution in [3.63, 3.8) is 0 Å². The number of likely N-dealkylation sites (N-methyl/N-ethyl adjacent to an activating group) is 2. The predicted molar refractivity (Wildman–Crippen MR) is 106 cm³/mol. The van der Waals surface area contributed by atoms with E-state index in [2.05, 4.69) is 10.6 Å². The number of carbonyl (C=O) groups excluding carboxylic acids is 3. The van der Waals surface area contributed by atoms with Crippen LogP contribution in [0.25, 0.3) is 0 Å².